The van der Waals surface area contributed by atoms with E-state index in [1.54, 1.807) is 17.8 Å². The van der Waals surface area contributed by atoms with E-state index in [9.17, 15) is 9.50 Å². The van der Waals surface area contributed by atoms with Crippen LogP contribution < -0.4 is 4.74 Å². The fourth-order valence-corrected chi connectivity index (χ4v) is 1.91. The molecular formula is C12H12FNO2S. The molecule has 0 aliphatic heterocycles. The molecule has 90 valence electrons. The number of hydrogen-bond acceptors (Lipinski definition) is 4. The molecule has 2 aromatic rings. The van der Waals surface area contributed by atoms with Gasteiger partial charge in [-0.2, -0.15) is 0 Å². The van der Waals surface area contributed by atoms with E-state index < -0.39 is 11.9 Å². The number of hydrogen-bond donors (Lipinski definition) is 1. The lowest BCUT2D eigenvalue weighted by molar-refractivity contribution is 0.194. The Morgan fingerprint density at radius 3 is 2.94 bits per heavy atom. The Morgan fingerprint density at radius 1 is 1.53 bits per heavy atom. The van der Waals surface area contributed by atoms with E-state index in [4.69, 9.17) is 4.74 Å². The highest BCUT2D eigenvalue weighted by atomic mass is 32.1. The topological polar surface area (TPSA) is 42.4 Å². The molecule has 0 saturated heterocycles. The van der Waals surface area contributed by atoms with Crippen LogP contribution in [0.2, 0.25) is 0 Å². The molecule has 0 bridgehead atoms. The van der Waals surface area contributed by atoms with E-state index in [1.807, 2.05) is 0 Å². The third kappa shape index (κ3) is 3.01. The Labute approximate surface area is 103 Å². The van der Waals surface area contributed by atoms with Crippen LogP contribution in [0.5, 0.6) is 5.75 Å². The van der Waals surface area contributed by atoms with Gasteiger partial charge >= 0.3 is 0 Å². The van der Waals surface area contributed by atoms with Crippen molar-refractivity contribution in [2.45, 2.75) is 19.6 Å². The van der Waals surface area contributed by atoms with Crippen LogP contribution in [0, 0.1) is 5.82 Å². The van der Waals surface area contributed by atoms with Crippen LogP contribution >= 0.6 is 11.3 Å². The largest absolute Gasteiger partial charge is 0.488 e. The second-order valence-corrected chi connectivity index (χ2v) is 4.59. The molecule has 0 saturated carbocycles. The van der Waals surface area contributed by atoms with Gasteiger partial charge in [-0.3, -0.25) is 4.98 Å². The van der Waals surface area contributed by atoms with Gasteiger partial charge in [0.1, 0.15) is 18.2 Å². The summed E-state index contributed by atoms with van der Waals surface area (Å²) in [5.41, 5.74) is 1.99. The number of aliphatic hydroxyl groups excluding tert-OH is 1. The maximum Gasteiger partial charge on any atom is 0.132 e. The predicted molar refractivity (Wildman–Crippen MR) is 63.5 cm³/mol. The number of benzene rings is 1. The van der Waals surface area contributed by atoms with Crippen LogP contribution in [0.1, 0.15) is 23.5 Å². The smallest absolute Gasteiger partial charge is 0.132 e. The van der Waals surface area contributed by atoms with Gasteiger partial charge in [0, 0.05) is 17.8 Å². The third-order valence-electron chi connectivity index (χ3n) is 2.29. The lowest BCUT2D eigenvalue weighted by Gasteiger charge is -2.09. The fraction of sp³-hybridized carbons (Fsp3) is 0.250. The molecule has 0 aliphatic carbocycles. The van der Waals surface area contributed by atoms with E-state index in [-0.39, 0.29) is 5.56 Å². The van der Waals surface area contributed by atoms with Gasteiger partial charge in [0.2, 0.25) is 0 Å². The minimum Gasteiger partial charge on any atom is -0.488 e. The number of thiazole rings is 1. The van der Waals surface area contributed by atoms with Crippen molar-refractivity contribution in [2.24, 2.45) is 0 Å². The summed E-state index contributed by atoms with van der Waals surface area (Å²) >= 11 is 1.48. The van der Waals surface area contributed by atoms with E-state index in [0.717, 1.165) is 4.88 Å². The van der Waals surface area contributed by atoms with Gasteiger partial charge in [0.05, 0.1) is 16.5 Å². The number of ether oxygens (including phenoxy) is 1. The van der Waals surface area contributed by atoms with Gasteiger partial charge < -0.3 is 9.84 Å². The van der Waals surface area contributed by atoms with Gasteiger partial charge in [-0.25, -0.2) is 4.39 Å². The summed E-state index contributed by atoms with van der Waals surface area (Å²) < 4.78 is 18.9. The molecule has 5 heteroatoms. The normalized spacial score (nSPS) is 12.4. The highest BCUT2D eigenvalue weighted by Gasteiger charge is 2.09. The zero-order chi connectivity index (χ0) is 12.3. The van der Waals surface area contributed by atoms with Gasteiger partial charge in [-0.15, -0.1) is 11.3 Å². The minimum atomic E-state index is -0.814. The molecule has 0 unspecified atom stereocenters. The van der Waals surface area contributed by atoms with Crippen LogP contribution in [0.15, 0.2) is 29.9 Å². The summed E-state index contributed by atoms with van der Waals surface area (Å²) in [5, 5.41) is 9.29. The molecule has 1 aromatic heterocycles. The Kier molecular flexibility index (Phi) is 3.71. The summed E-state index contributed by atoms with van der Waals surface area (Å²) in [6.45, 7) is 1.90. The molecule has 0 fully saturated rings. The molecule has 0 radical (unpaired) electrons. The molecule has 0 spiro atoms. The molecule has 3 nitrogen and oxygen atoms in total. The van der Waals surface area contributed by atoms with Crippen LogP contribution in [0.4, 0.5) is 4.39 Å². The molecule has 0 aliphatic rings. The van der Waals surface area contributed by atoms with Crippen molar-refractivity contribution in [3.63, 3.8) is 0 Å². The predicted octanol–water partition coefficient (Wildman–Crippen LogP) is 2.91. The van der Waals surface area contributed by atoms with Gasteiger partial charge in [0.15, 0.2) is 0 Å². The molecule has 0 amide bonds. The SMILES string of the molecule is C[C@@H](O)c1ccc(OCc2cncs2)cc1F. The quantitative estimate of drug-likeness (QED) is 0.911. The Hall–Kier alpha value is -1.46. The van der Waals surface area contributed by atoms with Crippen molar-refractivity contribution in [3.05, 3.63) is 46.2 Å². The first-order valence-corrected chi connectivity index (χ1v) is 6.02. The van der Waals surface area contributed by atoms with Gasteiger partial charge in [-0.05, 0) is 19.1 Å². The fourth-order valence-electron chi connectivity index (χ4n) is 1.40. The first-order valence-electron chi connectivity index (χ1n) is 5.14. The monoisotopic (exact) mass is 253 g/mol. The zero-order valence-electron chi connectivity index (χ0n) is 9.26. The molecule has 2 rings (SSSR count). The number of halogens is 1. The maximum atomic E-state index is 13.5. The van der Waals surface area contributed by atoms with Crippen molar-refractivity contribution >= 4 is 11.3 Å². The summed E-state index contributed by atoms with van der Waals surface area (Å²) in [7, 11) is 0. The summed E-state index contributed by atoms with van der Waals surface area (Å²) in [4.78, 5) is 4.90. The third-order valence-corrected chi connectivity index (χ3v) is 3.04. The number of aromatic nitrogens is 1. The maximum absolute atomic E-state index is 13.5. The number of rotatable bonds is 4. The molecule has 17 heavy (non-hydrogen) atoms. The molecule has 1 atom stereocenters. The van der Waals surface area contributed by atoms with Crippen molar-refractivity contribution < 1.29 is 14.2 Å². The molecule has 1 heterocycles. The average molecular weight is 253 g/mol. The summed E-state index contributed by atoms with van der Waals surface area (Å²) in [6.07, 6.45) is 0.899. The van der Waals surface area contributed by atoms with Crippen LogP contribution in [0.25, 0.3) is 0 Å². The van der Waals surface area contributed by atoms with Crippen LogP contribution in [-0.4, -0.2) is 10.1 Å². The van der Waals surface area contributed by atoms with E-state index in [1.165, 1.54) is 30.4 Å². The first kappa shape index (κ1) is 12.0. The lowest BCUT2D eigenvalue weighted by atomic mass is 10.1. The zero-order valence-corrected chi connectivity index (χ0v) is 10.1. The molecular weight excluding hydrogens is 241 g/mol. The second-order valence-electron chi connectivity index (χ2n) is 3.62. The van der Waals surface area contributed by atoms with Crippen LogP contribution in [0.3, 0.4) is 0 Å². The van der Waals surface area contributed by atoms with E-state index in [0.29, 0.717) is 12.4 Å². The van der Waals surface area contributed by atoms with Crippen molar-refractivity contribution in [1.82, 2.24) is 4.98 Å². The highest BCUT2D eigenvalue weighted by molar-refractivity contribution is 7.09. The minimum absolute atomic E-state index is 0.273. The Bertz CT molecular complexity index is 485. The van der Waals surface area contributed by atoms with Crippen molar-refractivity contribution in [1.29, 1.82) is 0 Å². The first-order chi connectivity index (χ1) is 8.16. The number of nitrogens with zero attached hydrogens (tertiary/aromatic N) is 1. The summed E-state index contributed by atoms with van der Waals surface area (Å²) in [6, 6.07) is 4.46. The molecule has 1 aromatic carbocycles. The van der Waals surface area contributed by atoms with Gasteiger partial charge in [0.25, 0.3) is 0 Å². The second kappa shape index (κ2) is 5.25. The Balaban J connectivity index is 2.05. The molecule has 1 N–H and O–H groups in total. The van der Waals surface area contributed by atoms with Crippen molar-refractivity contribution in [3.8, 4) is 5.75 Å². The lowest BCUT2D eigenvalue weighted by Crippen LogP contribution is -1.98. The highest BCUT2D eigenvalue weighted by Crippen LogP contribution is 2.22. The average Bonchev–Trinajstić information content (AvgIpc) is 2.78. The van der Waals surface area contributed by atoms with E-state index >= 15 is 0 Å². The van der Waals surface area contributed by atoms with Crippen LogP contribution in [-0.2, 0) is 6.61 Å². The van der Waals surface area contributed by atoms with Crippen molar-refractivity contribution in [2.75, 3.05) is 0 Å². The van der Waals surface area contributed by atoms with Gasteiger partial charge in [-0.1, -0.05) is 0 Å². The number of aliphatic hydroxyl groups is 1. The van der Waals surface area contributed by atoms with E-state index in [2.05, 4.69) is 4.98 Å². The standard InChI is InChI=1S/C12H12FNO2S/c1-8(15)11-3-2-9(4-12(11)13)16-6-10-5-14-7-17-10/h2-5,7-8,15H,6H2,1H3/t8-/m1/s1. The Morgan fingerprint density at radius 2 is 2.35 bits per heavy atom. The summed E-state index contributed by atoms with van der Waals surface area (Å²) in [5.74, 6) is -0.0119.